The highest BCUT2D eigenvalue weighted by Crippen LogP contribution is 2.24. The summed E-state index contributed by atoms with van der Waals surface area (Å²) in [4.78, 5) is 14.5. The minimum Gasteiger partial charge on any atom is -0.406 e. The summed E-state index contributed by atoms with van der Waals surface area (Å²) in [6.07, 6.45) is -4.14. The largest absolute Gasteiger partial charge is 0.573 e. The number of halogens is 3. The number of hydrogen-bond acceptors (Lipinski definition) is 7. The van der Waals surface area contributed by atoms with Gasteiger partial charge in [0.05, 0.1) is 18.9 Å². The summed E-state index contributed by atoms with van der Waals surface area (Å²) in [5.41, 5.74) is 2.94. The van der Waals surface area contributed by atoms with Crippen LogP contribution in [0.25, 0.3) is 5.82 Å². The molecular weight excluding hydrogens is 465 g/mol. The molecule has 0 atom stereocenters. The van der Waals surface area contributed by atoms with Gasteiger partial charge in [0, 0.05) is 30.9 Å². The molecule has 186 valence electrons. The van der Waals surface area contributed by atoms with E-state index in [1.807, 2.05) is 26.0 Å². The first kappa shape index (κ1) is 24.5. The number of rotatable bonds is 7. The van der Waals surface area contributed by atoms with Crippen molar-refractivity contribution in [1.29, 1.82) is 0 Å². The third-order valence-corrected chi connectivity index (χ3v) is 5.60. The summed E-state index contributed by atoms with van der Waals surface area (Å²) in [5.74, 6) is 0.749. The second kappa shape index (κ2) is 10.3. The Morgan fingerprint density at radius 1 is 1.06 bits per heavy atom. The number of nitrogens with zero attached hydrogens (tertiary/aromatic N) is 5. The molecule has 2 aromatic heterocycles. The van der Waals surface area contributed by atoms with Gasteiger partial charge in [-0.3, -0.25) is 4.79 Å². The molecule has 0 aliphatic carbocycles. The number of carbonyl (C=O) groups excluding carboxylic acids is 1. The van der Waals surface area contributed by atoms with E-state index in [1.165, 1.54) is 12.1 Å². The fraction of sp³-hybridized carbons (Fsp3) is 0.391. The summed E-state index contributed by atoms with van der Waals surface area (Å²) < 4.78 is 47.7. The Hall–Kier alpha value is -3.67. The maximum atomic E-state index is 12.4. The van der Waals surface area contributed by atoms with E-state index in [9.17, 15) is 18.0 Å². The van der Waals surface area contributed by atoms with E-state index in [2.05, 4.69) is 30.2 Å². The lowest BCUT2D eigenvalue weighted by molar-refractivity contribution is -0.274. The number of alkyl halides is 3. The van der Waals surface area contributed by atoms with Crippen molar-refractivity contribution in [3.05, 3.63) is 53.3 Å². The van der Waals surface area contributed by atoms with Gasteiger partial charge in [0.25, 0.3) is 0 Å². The van der Waals surface area contributed by atoms with Crippen LogP contribution in [-0.4, -0.2) is 58.6 Å². The lowest BCUT2D eigenvalue weighted by atomic mass is 10.1. The van der Waals surface area contributed by atoms with Crippen LogP contribution in [-0.2, 0) is 16.0 Å². The van der Waals surface area contributed by atoms with Gasteiger partial charge >= 0.3 is 6.36 Å². The van der Waals surface area contributed by atoms with Gasteiger partial charge in [0.2, 0.25) is 5.91 Å². The van der Waals surface area contributed by atoms with Crippen LogP contribution in [0.15, 0.2) is 36.4 Å². The van der Waals surface area contributed by atoms with Crippen molar-refractivity contribution < 1.29 is 27.4 Å². The van der Waals surface area contributed by atoms with E-state index in [0.29, 0.717) is 31.1 Å². The first-order chi connectivity index (χ1) is 16.7. The van der Waals surface area contributed by atoms with Crippen LogP contribution in [0.5, 0.6) is 5.75 Å². The summed E-state index contributed by atoms with van der Waals surface area (Å²) >= 11 is 0. The first-order valence-corrected chi connectivity index (χ1v) is 11.1. The van der Waals surface area contributed by atoms with Crippen LogP contribution in [0.3, 0.4) is 0 Å². The monoisotopic (exact) mass is 490 g/mol. The van der Waals surface area contributed by atoms with Crippen LogP contribution in [0, 0.1) is 13.8 Å². The van der Waals surface area contributed by atoms with Gasteiger partial charge in [-0.2, -0.15) is 5.10 Å². The SMILES string of the molecule is Cc1nn(-c2ccc(N3CCOCC3)nn2)c(C)c1CCC(=O)Nc1ccc(OC(F)(F)F)cc1. The minimum absolute atomic E-state index is 0.176. The number of aryl methyl sites for hydroxylation is 1. The third kappa shape index (κ3) is 6.27. The van der Waals surface area contributed by atoms with Gasteiger partial charge in [-0.15, -0.1) is 23.4 Å². The molecule has 0 unspecified atom stereocenters. The summed E-state index contributed by atoms with van der Waals surface area (Å²) in [5, 5.41) is 15.9. The molecule has 9 nitrogen and oxygen atoms in total. The maximum Gasteiger partial charge on any atom is 0.573 e. The number of benzene rings is 1. The fourth-order valence-electron chi connectivity index (χ4n) is 3.85. The Morgan fingerprint density at radius 2 is 1.71 bits per heavy atom. The molecule has 0 saturated carbocycles. The summed E-state index contributed by atoms with van der Waals surface area (Å²) in [6.45, 7) is 6.64. The number of carbonyl (C=O) groups is 1. The number of ether oxygens (including phenoxy) is 2. The zero-order valence-electron chi connectivity index (χ0n) is 19.3. The van der Waals surface area contributed by atoms with E-state index in [-0.39, 0.29) is 18.1 Å². The normalized spacial score (nSPS) is 14.1. The molecule has 12 heteroatoms. The highest BCUT2D eigenvalue weighted by atomic mass is 19.4. The Kier molecular flexibility index (Phi) is 7.20. The van der Waals surface area contributed by atoms with Crippen LogP contribution < -0.4 is 15.0 Å². The predicted octanol–water partition coefficient (Wildman–Crippen LogP) is 3.59. The van der Waals surface area contributed by atoms with Crippen LogP contribution in [0.1, 0.15) is 23.4 Å². The highest BCUT2D eigenvalue weighted by molar-refractivity contribution is 5.90. The average Bonchev–Trinajstić information content (AvgIpc) is 3.12. The van der Waals surface area contributed by atoms with Crippen molar-refractivity contribution in [1.82, 2.24) is 20.0 Å². The Balaban J connectivity index is 1.36. The maximum absolute atomic E-state index is 12.4. The van der Waals surface area contributed by atoms with Crippen molar-refractivity contribution in [2.24, 2.45) is 0 Å². The average molecular weight is 490 g/mol. The zero-order valence-corrected chi connectivity index (χ0v) is 19.3. The van der Waals surface area contributed by atoms with Crippen molar-refractivity contribution in [2.45, 2.75) is 33.1 Å². The quantitative estimate of drug-likeness (QED) is 0.541. The van der Waals surface area contributed by atoms with E-state index in [0.717, 1.165) is 48.0 Å². The number of nitrogens with one attached hydrogen (secondary N) is 1. The van der Waals surface area contributed by atoms with Crippen LogP contribution in [0.4, 0.5) is 24.7 Å². The Bertz CT molecular complexity index is 1160. The molecule has 0 bridgehead atoms. The second-order valence-corrected chi connectivity index (χ2v) is 8.03. The molecule has 1 fully saturated rings. The first-order valence-electron chi connectivity index (χ1n) is 11.1. The molecule has 3 heterocycles. The molecule has 4 rings (SSSR count). The van der Waals surface area contributed by atoms with E-state index in [4.69, 9.17) is 4.74 Å². The van der Waals surface area contributed by atoms with Gasteiger partial charge < -0.3 is 19.7 Å². The highest BCUT2D eigenvalue weighted by Gasteiger charge is 2.31. The van der Waals surface area contributed by atoms with Gasteiger partial charge in [-0.05, 0) is 62.2 Å². The molecule has 0 radical (unpaired) electrons. The Morgan fingerprint density at radius 3 is 2.34 bits per heavy atom. The molecule has 35 heavy (non-hydrogen) atoms. The van der Waals surface area contributed by atoms with Crippen LogP contribution in [0.2, 0.25) is 0 Å². The van der Waals surface area contributed by atoms with Gasteiger partial charge in [-0.25, -0.2) is 4.68 Å². The van der Waals surface area contributed by atoms with Crippen LogP contribution >= 0.6 is 0 Å². The number of anilines is 2. The summed E-state index contributed by atoms with van der Waals surface area (Å²) in [6, 6.07) is 8.77. The van der Waals surface area contributed by atoms with Gasteiger partial charge in [-0.1, -0.05) is 0 Å². The van der Waals surface area contributed by atoms with Crippen molar-refractivity contribution in [3.8, 4) is 11.6 Å². The predicted molar refractivity (Wildman–Crippen MR) is 122 cm³/mol. The Labute approximate surface area is 199 Å². The molecule has 1 aliphatic rings. The lowest BCUT2D eigenvalue weighted by Crippen LogP contribution is -2.36. The number of morpholine rings is 1. The topological polar surface area (TPSA) is 94.4 Å². The number of amides is 1. The fourth-order valence-corrected chi connectivity index (χ4v) is 3.85. The molecular formula is C23H25F3N6O3. The van der Waals surface area contributed by atoms with Crippen molar-refractivity contribution in [2.75, 3.05) is 36.5 Å². The number of aromatic nitrogens is 4. The smallest absolute Gasteiger partial charge is 0.406 e. The molecule has 1 N–H and O–H groups in total. The molecule has 3 aromatic rings. The molecule has 1 saturated heterocycles. The van der Waals surface area contributed by atoms with Gasteiger partial charge in [0.15, 0.2) is 11.6 Å². The number of hydrogen-bond donors (Lipinski definition) is 1. The standard InChI is InChI=1S/C23H25F3N6O3/c1-15-19(7-10-22(33)27-17-3-5-18(6-4-17)35-23(24,25)26)16(2)32(30-15)21-9-8-20(28-29-21)31-11-13-34-14-12-31/h3-6,8-9H,7,10-14H2,1-2H3,(H,27,33). The third-order valence-electron chi connectivity index (χ3n) is 5.60. The molecule has 1 aliphatic heterocycles. The summed E-state index contributed by atoms with van der Waals surface area (Å²) in [7, 11) is 0. The molecule has 0 spiro atoms. The van der Waals surface area contributed by atoms with Crippen molar-refractivity contribution >= 4 is 17.4 Å². The van der Waals surface area contributed by atoms with Crippen molar-refractivity contribution in [3.63, 3.8) is 0 Å². The molecule has 1 aromatic carbocycles. The minimum atomic E-state index is -4.76. The molecule has 1 amide bonds. The van der Waals surface area contributed by atoms with E-state index < -0.39 is 6.36 Å². The van der Waals surface area contributed by atoms with E-state index in [1.54, 1.807) is 4.68 Å². The lowest BCUT2D eigenvalue weighted by Gasteiger charge is -2.27. The second-order valence-electron chi connectivity index (χ2n) is 8.03. The van der Waals surface area contributed by atoms with Gasteiger partial charge in [0.1, 0.15) is 5.75 Å². The zero-order chi connectivity index (χ0) is 25.0. The van der Waals surface area contributed by atoms with E-state index >= 15 is 0 Å².